The molecule has 0 bridgehead atoms. The molecule has 2 saturated heterocycles. The molecule has 5 heteroatoms. The molecule has 5 nitrogen and oxygen atoms in total. The zero-order valence-corrected chi connectivity index (χ0v) is 14.6. The van der Waals surface area contributed by atoms with Crippen molar-refractivity contribution in [1.82, 2.24) is 10.2 Å². The Labute approximate surface area is 147 Å². The van der Waals surface area contributed by atoms with Gasteiger partial charge in [-0.2, -0.15) is 0 Å². The van der Waals surface area contributed by atoms with Crippen LogP contribution in [0.3, 0.4) is 0 Å². The van der Waals surface area contributed by atoms with Crippen molar-refractivity contribution < 1.29 is 14.3 Å². The predicted molar refractivity (Wildman–Crippen MR) is 92.1 cm³/mol. The minimum absolute atomic E-state index is 0.0484. The van der Waals surface area contributed by atoms with Crippen molar-refractivity contribution in [2.24, 2.45) is 11.8 Å². The number of amides is 2. The third-order valence-electron chi connectivity index (χ3n) is 6.88. The van der Waals surface area contributed by atoms with Gasteiger partial charge in [-0.15, -0.1) is 0 Å². The fourth-order valence-corrected chi connectivity index (χ4v) is 5.30. The summed E-state index contributed by atoms with van der Waals surface area (Å²) in [6.45, 7) is 4.30. The van der Waals surface area contributed by atoms with Gasteiger partial charge in [0.05, 0.1) is 5.54 Å². The first-order chi connectivity index (χ1) is 12.0. The number of hydrogen-bond acceptors (Lipinski definition) is 3. The number of hydrogen-bond donors (Lipinski definition) is 1. The summed E-state index contributed by atoms with van der Waals surface area (Å²) >= 11 is 0. The van der Waals surface area contributed by atoms with Crippen LogP contribution in [0.4, 0.5) is 4.79 Å². The van der Waals surface area contributed by atoms with Crippen molar-refractivity contribution in [3.63, 3.8) is 0 Å². The lowest BCUT2D eigenvalue weighted by Crippen LogP contribution is -2.58. The molecule has 2 atom stereocenters. The van der Waals surface area contributed by atoms with E-state index in [1.165, 1.54) is 17.5 Å². The molecule has 4 aliphatic rings. The number of aryl methyl sites for hydroxylation is 1. The number of nitrogens with one attached hydrogen (secondary N) is 1. The summed E-state index contributed by atoms with van der Waals surface area (Å²) in [5.41, 5.74) is 2.82. The number of rotatable bonds is 2. The number of ether oxygens (including phenoxy) is 1. The van der Waals surface area contributed by atoms with Gasteiger partial charge in [-0.1, -0.05) is 29.8 Å². The average molecular weight is 340 g/mol. The molecule has 0 aromatic heterocycles. The van der Waals surface area contributed by atoms with Crippen LogP contribution >= 0.6 is 0 Å². The average Bonchev–Trinajstić information content (AvgIpc) is 3.19. The van der Waals surface area contributed by atoms with Gasteiger partial charge in [0.1, 0.15) is 6.61 Å². The van der Waals surface area contributed by atoms with E-state index in [0.29, 0.717) is 17.9 Å². The fraction of sp³-hybridized carbons (Fsp3) is 0.600. The van der Waals surface area contributed by atoms with Gasteiger partial charge >= 0.3 is 6.09 Å². The van der Waals surface area contributed by atoms with Gasteiger partial charge in [0.25, 0.3) is 0 Å². The van der Waals surface area contributed by atoms with E-state index in [2.05, 4.69) is 41.4 Å². The number of alkyl carbamates (subject to hydrolysis) is 1. The molecule has 4 fully saturated rings. The molecular weight excluding hydrogens is 316 g/mol. The van der Waals surface area contributed by atoms with Gasteiger partial charge in [-0.3, -0.25) is 4.79 Å². The molecule has 1 aromatic rings. The first-order valence-corrected chi connectivity index (χ1v) is 9.31. The van der Waals surface area contributed by atoms with Gasteiger partial charge in [-0.05, 0) is 44.1 Å². The maximum Gasteiger partial charge on any atom is 0.407 e. The van der Waals surface area contributed by atoms with E-state index in [1.54, 1.807) is 0 Å². The minimum atomic E-state index is -0.343. The van der Waals surface area contributed by atoms with Crippen LogP contribution in [0, 0.1) is 18.8 Å². The predicted octanol–water partition coefficient (Wildman–Crippen LogP) is 2.37. The van der Waals surface area contributed by atoms with Crippen LogP contribution in [0.1, 0.15) is 36.8 Å². The number of likely N-dealkylation sites (tertiary alicyclic amines) is 1. The largest absolute Gasteiger partial charge is 0.447 e. The Hall–Kier alpha value is -2.04. The van der Waals surface area contributed by atoms with E-state index < -0.39 is 0 Å². The molecule has 2 unspecified atom stereocenters. The molecule has 2 saturated carbocycles. The van der Waals surface area contributed by atoms with Crippen molar-refractivity contribution in [2.45, 2.75) is 43.6 Å². The number of cyclic esters (lactones) is 1. The lowest BCUT2D eigenvalue weighted by molar-refractivity contribution is -0.142. The molecule has 1 aromatic carbocycles. The second kappa shape index (κ2) is 4.99. The summed E-state index contributed by atoms with van der Waals surface area (Å²) in [7, 11) is 0. The highest BCUT2D eigenvalue weighted by Gasteiger charge is 2.59. The second-order valence-corrected chi connectivity index (χ2v) is 8.55. The van der Waals surface area contributed by atoms with Gasteiger partial charge in [0.15, 0.2) is 0 Å². The Kier molecular flexibility index (Phi) is 3.04. The summed E-state index contributed by atoms with van der Waals surface area (Å²) in [5.74, 6) is 0.930. The quantitative estimate of drug-likeness (QED) is 0.899. The maximum atomic E-state index is 12.8. The van der Waals surface area contributed by atoms with Crippen LogP contribution < -0.4 is 5.32 Å². The molecule has 132 valence electrons. The smallest absolute Gasteiger partial charge is 0.407 e. The molecule has 2 amide bonds. The van der Waals surface area contributed by atoms with Crippen LogP contribution in [-0.2, 0) is 14.9 Å². The normalized spacial score (nSPS) is 38.6. The topological polar surface area (TPSA) is 58.6 Å². The molecular formula is C20H24N2O3. The Bertz CT molecular complexity index is 755. The molecule has 5 rings (SSSR count). The van der Waals surface area contributed by atoms with Crippen LogP contribution in [0.2, 0.25) is 0 Å². The number of fused-ring (bicyclic) bond motifs is 1. The zero-order chi connectivity index (χ0) is 17.2. The maximum absolute atomic E-state index is 12.8. The van der Waals surface area contributed by atoms with Crippen LogP contribution in [0.5, 0.6) is 0 Å². The third kappa shape index (κ3) is 2.28. The van der Waals surface area contributed by atoms with Crippen molar-refractivity contribution in [1.29, 1.82) is 0 Å². The van der Waals surface area contributed by atoms with Gasteiger partial charge in [-0.25, -0.2) is 4.79 Å². The number of benzene rings is 1. The number of piperidine rings is 1. The lowest BCUT2D eigenvalue weighted by atomic mass is 9.68. The molecule has 1 spiro atoms. The Morgan fingerprint density at radius 2 is 2.16 bits per heavy atom. The highest BCUT2D eigenvalue weighted by molar-refractivity contribution is 5.82. The van der Waals surface area contributed by atoms with Gasteiger partial charge in [0, 0.05) is 24.4 Å². The van der Waals surface area contributed by atoms with Crippen LogP contribution in [0.25, 0.3) is 0 Å². The summed E-state index contributed by atoms with van der Waals surface area (Å²) in [6, 6.07) is 8.87. The van der Waals surface area contributed by atoms with Gasteiger partial charge in [0.2, 0.25) is 5.91 Å². The van der Waals surface area contributed by atoms with Crippen LogP contribution in [-0.4, -0.2) is 42.1 Å². The molecule has 0 radical (unpaired) electrons. The summed E-state index contributed by atoms with van der Waals surface area (Å²) in [5, 5.41) is 2.87. The van der Waals surface area contributed by atoms with E-state index in [9.17, 15) is 9.59 Å². The fourth-order valence-electron chi connectivity index (χ4n) is 5.30. The number of carbonyl (C=O) groups is 2. The SMILES string of the molecule is Cc1cccc(C23CCN(C(=O)[C@H]4C[C@]5(COC(=O)N5)C4)CC2C3)c1. The van der Waals surface area contributed by atoms with Crippen molar-refractivity contribution >= 4 is 12.0 Å². The summed E-state index contributed by atoms with van der Waals surface area (Å²) in [6.07, 6.45) is 3.39. The Balaban J connectivity index is 1.22. The van der Waals surface area contributed by atoms with Crippen molar-refractivity contribution in [2.75, 3.05) is 19.7 Å². The molecule has 2 heterocycles. The standard InChI is InChI=1S/C20H24N2O3/c1-13-3-2-4-15(7-13)20-5-6-22(11-16(20)10-20)17(23)14-8-19(9-14)12-25-18(24)21-19/h2-4,7,14,16H,5-6,8-12H2,1H3,(H,21,24)/t14-,16?,19+,20?. The van der Waals surface area contributed by atoms with E-state index >= 15 is 0 Å². The van der Waals surface area contributed by atoms with Gasteiger partial charge < -0.3 is 15.0 Å². The molecule has 1 N–H and O–H groups in total. The van der Waals surface area contributed by atoms with Crippen molar-refractivity contribution in [3.05, 3.63) is 35.4 Å². The number of nitrogens with zero attached hydrogens (tertiary/aromatic N) is 1. The van der Waals surface area contributed by atoms with Crippen LogP contribution in [0.15, 0.2) is 24.3 Å². The Morgan fingerprint density at radius 1 is 1.32 bits per heavy atom. The lowest BCUT2D eigenvalue weighted by Gasteiger charge is -2.44. The van der Waals surface area contributed by atoms with E-state index in [-0.39, 0.29) is 23.5 Å². The molecule has 2 aliphatic heterocycles. The molecule has 25 heavy (non-hydrogen) atoms. The second-order valence-electron chi connectivity index (χ2n) is 8.55. The zero-order valence-electron chi connectivity index (χ0n) is 14.6. The monoisotopic (exact) mass is 340 g/mol. The van der Waals surface area contributed by atoms with E-state index in [1.807, 2.05) is 0 Å². The summed E-state index contributed by atoms with van der Waals surface area (Å²) in [4.78, 5) is 26.1. The van der Waals surface area contributed by atoms with Crippen molar-refractivity contribution in [3.8, 4) is 0 Å². The van der Waals surface area contributed by atoms with E-state index in [0.717, 1.165) is 32.4 Å². The molecule has 2 aliphatic carbocycles. The highest BCUT2D eigenvalue weighted by Crippen LogP contribution is 2.59. The van der Waals surface area contributed by atoms with E-state index in [4.69, 9.17) is 4.74 Å². The first kappa shape index (κ1) is 15.2. The minimum Gasteiger partial charge on any atom is -0.447 e. The Morgan fingerprint density at radius 3 is 2.84 bits per heavy atom. The highest BCUT2D eigenvalue weighted by atomic mass is 16.6. The summed E-state index contributed by atoms with van der Waals surface area (Å²) < 4.78 is 5.00. The number of carbonyl (C=O) groups excluding carboxylic acids is 2. The third-order valence-corrected chi connectivity index (χ3v) is 6.88. The first-order valence-electron chi connectivity index (χ1n) is 9.31.